The van der Waals surface area contributed by atoms with Crippen LogP contribution in [0.25, 0.3) is 10.1 Å². The van der Waals surface area contributed by atoms with Gasteiger partial charge in [-0.05, 0) is 11.4 Å². The number of carboxylic acid groups (broad SMARTS) is 2. The topological polar surface area (TPSA) is 204 Å². The lowest BCUT2D eigenvalue weighted by atomic mass is 10.0. The number of oxime groups is 1. The normalized spacial score (nSPS) is 19.2. The number of anilines is 1. The van der Waals surface area contributed by atoms with Gasteiger partial charge in [0.25, 0.3) is 11.8 Å². The summed E-state index contributed by atoms with van der Waals surface area (Å²) in [6, 6.07) is 3.97. The van der Waals surface area contributed by atoms with Crippen molar-refractivity contribution in [3.8, 4) is 0 Å². The number of pyridine rings is 1. The molecule has 2 amide bonds. The highest BCUT2D eigenvalue weighted by molar-refractivity contribution is 8.00. The summed E-state index contributed by atoms with van der Waals surface area (Å²) in [5, 5.41) is 32.7. The van der Waals surface area contributed by atoms with Crippen molar-refractivity contribution in [3.05, 3.63) is 52.9 Å². The van der Waals surface area contributed by atoms with Gasteiger partial charge in [-0.25, -0.2) is 9.36 Å². The van der Waals surface area contributed by atoms with Crippen LogP contribution < -0.4 is 20.7 Å². The summed E-state index contributed by atoms with van der Waals surface area (Å²) in [4.78, 5) is 54.5. The summed E-state index contributed by atoms with van der Waals surface area (Å²) in [6.07, 6.45) is 3.73. The van der Waals surface area contributed by atoms with E-state index in [1.165, 1.54) is 17.8 Å². The number of nitrogens with two attached hydrogens (primary N) is 1. The number of carboxylic acids is 2. The number of nitrogens with zero attached hydrogens (tertiary/aromatic N) is 4. The van der Waals surface area contributed by atoms with Crippen molar-refractivity contribution < 1.29 is 43.3 Å². The second-order valence-corrected chi connectivity index (χ2v) is 10.2. The van der Waals surface area contributed by atoms with Crippen LogP contribution in [0.5, 0.6) is 0 Å². The van der Waals surface area contributed by atoms with E-state index in [1.54, 1.807) is 11.3 Å². The lowest BCUT2D eigenvalue weighted by molar-refractivity contribution is -0.687. The third kappa shape index (κ3) is 4.78. The Morgan fingerprint density at radius 3 is 2.92 bits per heavy atom. The molecule has 4 N–H and O–H groups in total. The quantitative estimate of drug-likeness (QED) is 0.121. The van der Waals surface area contributed by atoms with E-state index < -0.39 is 47.5 Å². The number of thioether (sulfide) groups is 1. The Kier molecular flexibility index (Phi) is 6.73. The van der Waals surface area contributed by atoms with Crippen molar-refractivity contribution in [2.45, 2.75) is 18.0 Å². The van der Waals surface area contributed by atoms with Crippen LogP contribution in [0, 0.1) is 0 Å². The van der Waals surface area contributed by atoms with E-state index in [0.29, 0.717) is 5.57 Å². The predicted molar refractivity (Wildman–Crippen MR) is 130 cm³/mol. The van der Waals surface area contributed by atoms with Gasteiger partial charge in [0.1, 0.15) is 17.1 Å². The number of hydrogen-bond acceptors (Lipinski definition) is 12. The van der Waals surface area contributed by atoms with Crippen LogP contribution in [0.2, 0.25) is 0 Å². The fourth-order valence-electron chi connectivity index (χ4n) is 4.04. The molecule has 3 aromatic heterocycles. The average Bonchev–Trinajstić information content (AvgIpc) is 3.52. The first-order valence-corrected chi connectivity index (χ1v) is 12.9. The van der Waals surface area contributed by atoms with Crippen molar-refractivity contribution in [1.29, 1.82) is 0 Å². The Bertz CT molecular complexity index is 1530. The zero-order valence-electron chi connectivity index (χ0n) is 19.2. The number of nitrogen functional groups attached to an aromatic ring is 1. The minimum atomic E-state index is -1.50. The molecule has 2 atom stereocenters. The van der Waals surface area contributed by atoms with E-state index in [1.807, 2.05) is 34.5 Å². The van der Waals surface area contributed by atoms with Gasteiger partial charge in [-0.2, -0.15) is 0 Å². The number of β-lactam (4-membered cyclic amide) rings is 1. The van der Waals surface area contributed by atoms with Crippen LogP contribution in [-0.2, 0) is 30.6 Å². The number of carbonyl (C=O) groups is 4. The van der Waals surface area contributed by atoms with Gasteiger partial charge in [-0.1, -0.05) is 10.3 Å². The van der Waals surface area contributed by atoms with E-state index in [-0.39, 0.29) is 29.6 Å². The molecule has 2 aliphatic rings. The molecular weight excluding hydrogens is 540 g/mol. The van der Waals surface area contributed by atoms with Crippen molar-refractivity contribution in [1.82, 2.24) is 15.4 Å². The molecule has 2 aliphatic heterocycles. The van der Waals surface area contributed by atoms with Crippen molar-refractivity contribution in [3.63, 3.8) is 0 Å². The van der Waals surface area contributed by atoms with Gasteiger partial charge in [0.15, 0.2) is 24.7 Å². The van der Waals surface area contributed by atoms with Gasteiger partial charge in [0.2, 0.25) is 12.5 Å². The molecule has 0 spiro atoms. The lowest BCUT2D eigenvalue weighted by Crippen LogP contribution is -2.71. The monoisotopic (exact) mass is 558 g/mol. The maximum Gasteiger partial charge on any atom is 0.344 e. The molecule has 3 aromatic rings. The van der Waals surface area contributed by atoms with Gasteiger partial charge in [0, 0.05) is 28.2 Å². The van der Waals surface area contributed by atoms with Gasteiger partial charge in [-0.15, -0.1) is 23.1 Å². The summed E-state index contributed by atoms with van der Waals surface area (Å²) in [6.45, 7) is -0.598. The zero-order valence-corrected chi connectivity index (χ0v) is 20.9. The van der Waals surface area contributed by atoms with Gasteiger partial charge in [-0.3, -0.25) is 14.5 Å². The number of hydrogen-bond donors (Lipinski definition) is 3. The second kappa shape index (κ2) is 10.1. The summed E-state index contributed by atoms with van der Waals surface area (Å²) in [5.74, 6) is -4.27. The molecule has 5 rings (SSSR count). The van der Waals surface area contributed by atoms with E-state index in [2.05, 4.69) is 20.5 Å². The minimum absolute atomic E-state index is 0.139. The van der Waals surface area contributed by atoms with Crippen LogP contribution in [0.4, 0.5) is 5.88 Å². The molecule has 1 fully saturated rings. The van der Waals surface area contributed by atoms with Gasteiger partial charge in [0.05, 0.1) is 17.1 Å². The van der Waals surface area contributed by atoms with Gasteiger partial charge >= 0.3 is 5.97 Å². The zero-order chi connectivity index (χ0) is 27.0. The molecule has 38 heavy (non-hydrogen) atoms. The molecule has 1 saturated heterocycles. The molecule has 1 unspecified atom stereocenters. The molecule has 0 saturated carbocycles. The number of rotatable bonds is 9. The number of aliphatic carboxylic acids is 2. The minimum Gasteiger partial charge on any atom is -0.543 e. The van der Waals surface area contributed by atoms with E-state index in [9.17, 15) is 24.3 Å². The molecule has 196 valence electrons. The molecule has 0 bridgehead atoms. The Labute approximate surface area is 221 Å². The second-order valence-electron chi connectivity index (χ2n) is 8.18. The van der Waals surface area contributed by atoms with Crippen LogP contribution in [-0.4, -0.2) is 68.4 Å². The van der Waals surface area contributed by atoms with E-state index in [4.69, 9.17) is 15.4 Å². The van der Waals surface area contributed by atoms with Crippen LogP contribution >= 0.6 is 23.1 Å². The standard InChI is InChI=1S/C22H18N6O8S2/c23-14-5-12(25-36-14)16(26-35-8-15(29)30)19(31)24-17-20(32)28-18(22(33)34)11(9-38-21(17)28)7-27-3-1-13-10(6-27)2-4-37-13/h1-6,17,21H,7-9H2,(H4-,23,24,25,29,30,31,33,34)/t17?,21-/m1/s1. The highest BCUT2D eigenvalue weighted by Crippen LogP contribution is 2.40. The molecule has 0 aromatic carbocycles. The SMILES string of the molecule is Nc1cc(C(=NOCC(=O)O)C(=O)NC2C(=O)N3C(C(=O)[O-])=C(C[n+]4ccc5sccc5c4)CS[C@H]23)no1. The number of fused-ring (bicyclic) bond motifs is 2. The van der Waals surface area contributed by atoms with Crippen molar-refractivity contribution in [2.75, 3.05) is 18.1 Å². The first-order chi connectivity index (χ1) is 18.2. The first kappa shape index (κ1) is 25.2. The predicted octanol–water partition coefficient (Wildman–Crippen LogP) is -1.33. The fourth-order valence-corrected chi connectivity index (χ4v) is 6.13. The first-order valence-electron chi connectivity index (χ1n) is 10.9. The maximum absolute atomic E-state index is 13.0. The number of thiophene rings is 1. The third-order valence-electron chi connectivity index (χ3n) is 5.68. The van der Waals surface area contributed by atoms with Crippen molar-refractivity contribution in [2.24, 2.45) is 5.16 Å². The Morgan fingerprint density at radius 2 is 2.21 bits per heavy atom. The van der Waals surface area contributed by atoms with Gasteiger partial charge < -0.3 is 35.4 Å². The Balaban J connectivity index is 1.34. The summed E-state index contributed by atoms with van der Waals surface area (Å²) >= 11 is 2.87. The molecule has 0 aliphatic carbocycles. The Morgan fingerprint density at radius 1 is 1.39 bits per heavy atom. The molecule has 14 nitrogen and oxygen atoms in total. The number of carbonyl (C=O) groups excluding carboxylic acids is 3. The summed E-state index contributed by atoms with van der Waals surface area (Å²) < 4.78 is 7.66. The number of aromatic nitrogens is 2. The highest BCUT2D eigenvalue weighted by Gasteiger charge is 2.53. The van der Waals surface area contributed by atoms with Crippen LogP contribution in [0.15, 0.2) is 56.9 Å². The lowest BCUT2D eigenvalue weighted by Gasteiger charge is -2.50. The fraction of sp³-hybridized carbons (Fsp3) is 0.227. The van der Waals surface area contributed by atoms with Crippen molar-refractivity contribution >= 4 is 68.5 Å². The van der Waals surface area contributed by atoms with E-state index >= 15 is 0 Å². The molecular formula is C22H18N6O8S2. The summed E-state index contributed by atoms with van der Waals surface area (Å²) in [5.41, 5.74) is 5.13. The van der Waals surface area contributed by atoms with E-state index in [0.717, 1.165) is 15.0 Å². The third-order valence-corrected chi connectivity index (χ3v) is 7.92. The smallest absolute Gasteiger partial charge is 0.344 e. The number of amides is 2. The Hall–Kier alpha value is -4.44. The largest absolute Gasteiger partial charge is 0.543 e. The van der Waals surface area contributed by atoms with Crippen LogP contribution in [0.1, 0.15) is 5.69 Å². The highest BCUT2D eigenvalue weighted by atomic mass is 32.2. The maximum atomic E-state index is 13.0. The number of nitrogens with one attached hydrogen (secondary N) is 1. The molecule has 16 heteroatoms. The van der Waals surface area contributed by atoms with Crippen LogP contribution in [0.3, 0.4) is 0 Å². The molecule has 5 heterocycles. The average molecular weight is 559 g/mol. The summed E-state index contributed by atoms with van der Waals surface area (Å²) in [7, 11) is 0. The molecule has 0 radical (unpaired) electrons.